The van der Waals surface area contributed by atoms with E-state index >= 15 is 0 Å². The highest BCUT2D eigenvalue weighted by molar-refractivity contribution is 5.35. The molecule has 0 unspecified atom stereocenters. The van der Waals surface area contributed by atoms with E-state index in [2.05, 4.69) is 31.3 Å². The van der Waals surface area contributed by atoms with E-state index in [1.165, 1.54) is 5.56 Å². The van der Waals surface area contributed by atoms with Crippen molar-refractivity contribution in [3.05, 3.63) is 29.8 Å². The van der Waals surface area contributed by atoms with Crippen molar-refractivity contribution in [2.45, 2.75) is 26.7 Å². The summed E-state index contributed by atoms with van der Waals surface area (Å²) in [5, 5.41) is 3.29. The molecule has 3 nitrogen and oxygen atoms in total. The van der Waals surface area contributed by atoms with Crippen molar-refractivity contribution < 1.29 is 9.47 Å². The van der Waals surface area contributed by atoms with Gasteiger partial charge in [0.05, 0.1) is 6.61 Å². The molecule has 0 aromatic heterocycles. The zero-order valence-electron chi connectivity index (χ0n) is 11.7. The summed E-state index contributed by atoms with van der Waals surface area (Å²) >= 11 is 0. The van der Waals surface area contributed by atoms with Crippen molar-refractivity contribution in [3.63, 3.8) is 0 Å². The van der Waals surface area contributed by atoms with E-state index in [-0.39, 0.29) is 0 Å². The van der Waals surface area contributed by atoms with Crippen molar-refractivity contribution in [1.82, 2.24) is 5.32 Å². The van der Waals surface area contributed by atoms with Crippen LogP contribution >= 0.6 is 0 Å². The van der Waals surface area contributed by atoms with E-state index in [1.807, 2.05) is 19.1 Å². The Hall–Kier alpha value is -1.06. The van der Waals surface area contributed by atoms with Gasteiger partial charge >= 0.3 is 0 Å². The van der Waals surface area contributed by atoms with Crippen LogP contribution in [0.25, 0.3) is 0 Å². The predicted octanol–water partition coefficient (Wildman–Crippen LogP) is 2.81. The molecule has 18 heavy (non-hydrogen) atoms. The molecule has 0 radical (unpaired) electrons. The minimum absolute atomic E-state index is 0.493. The van der Waals surface area contributed by atoms with Gasteiger partial charge in [-0.25, -0.2) is 0 Å². The Kier molecular flexibility index (Phi) is 7.46. The topological polar surface area (TPSA) is 30.5 Å². The zero-order chi connectivity index (χ0) is 13.2. The van der Waals surface area contributed by atoms with Crippen LogP contribution in [0.1, 0.15) is 32.3 Å². The first-order valence-corrected chi connectivity index (χ1v) is 6.76. The Morgan fingerprint density at radius 1 is 1.11 bits per heavy atom. The van der Waals surface area contributed by atoms with Gasteiger partial charge in [-0.05, 0) is 24.5 Å². The number of ether oxygens (including phenoxy) is 2. The summed E-state index contributed by atoms with van der Waals surface area (Å²) in [6.07, 6.45) is 0. The van der Waals surface area contributed by atoms with Crippen LogP contribution in [0.4, 0.5) is 0 Å². The first kappa shape index (κ1) is 15.0. The lowest BCUT2D eigenvalue weighted by Crippen LogP contribution is -2.25. The van der Waals surface area contributed by atoms with E-state index in [0.29, 0.717) is 12.5 Å². The minimum Gasteiger partial charge on any atom is -0.492 e. The Bertz CT molecular complexity index is 326. The van der Waals surface area contributed by atoms with Crippen LogP contribution in [-0.2, 0) is 4.74 Å². The van der Waals surface area contributed by atoms with E-state index in [0.717, 1.165) is 32.1 Å². The molecule has 0 amide bonds. The molecule has 0 bridgehead atoms. The Labute approximate surface area is 110 Å². The molecule has 3 heteroatoms. The van der Waals surface area contributed by atoms with Crippen LogP contribution in [0.3, 0.4) is 0 Å². The van der Waals surface area contributed by atoms with Gasteiger partial charge < -0.3 is 14.8 Å². The van der Waals surface area contributed by atoms with Gasteiger partial charge in [0.1, 0.15) is 12.4 Å². The Morgan fingerprint density at radius 3 is 2.56 bits per heavy atom. The minimum atomic E-state index is 0.493. The van der Waals surface area contributed by atoms with Crippen molar-refractivity contribution in [3.8, 4) is 5.75 Å². The molecule has 0 atom stereocenters. The van der Waals surface area contributed by atoms with Crippen molar-refractivity contribution in [2.75, 3.05) is 32.9 Å². The summed E-state index contributed by atoms with van der Waals surface area (Å²) in [6.45, 7) is 10.3. The van der Waals surface area contributed by atoms with E-state index in [9.17, 15) is 0 Å². The van der Waals surface area contributed by atoms with Crippen LogP contribution in [-0.4, -0.2) is 32.9 Å². The number of hydrogen-bond acceptors (Lipinski definition) is 3. The highest BCUT2D eigenvalue weighted by Gasteiger charge is 2.05. The molecule has 0 spiro atoms. The Morgan fingerprint density at radius 2 is 1.83 bits per heavy atom. The van der Waals surface area contributed by atoms with Crippen LogP contribution in [0.5, 0.6) is 5.75 Å². The molecular formula is C15H25NO2. The molecule has 1 rings (SSSR count). The summed E-state index contributed by atoms with van der Waals surface area (Å²) in [5.41, 5.74) is 1.27. The molecule has 0 aliphatic carbocycles. The first-order valence-electron chi connectivity index (χ1n) is 6.76. The third-order valence-electron chi connectivity index (χ3n) is 2.70. The van der Waals surface area contributed by atoms with Crippen LogP contribution in [0.2, 0.25) is 0 Å². The number of nitrogens with one attached hydrogen (secondary N) is 1. The monoisotopic (exact) mass is 251 g/mol. The second-order valence-corrected chi connectivity index (χ2v) is 4.49. The van der Waals surface area contributed by atoms with Crippen molar-refractivity contribution in [2.24, 2.45) is 0 Å². The maximum absolute atomic E-state index is 5.80. The maximum Gasteiger partial charge on any atom is 0.122 e. The normalized spacial score (nSPS) is 10.9. The SMILES string of the molecule is CCOCCNCCOc1ccccc1C(C)C. The third-order valence-corrected chi connectivity index (χ3v) is 2.70. The number of benzene rings is 1. The highest BCUT2D eigenvalue weighted by Crippen LogP contribution is 2.25. The summed E-state index contributed by atoms with van der Waals surface area (Å²) in [6, 6.07) is 8.24. The predicted molar refractivity (Wildman–Crippen MR) is 75.4 cm³/mol. The molecule has 1 N–H and O–H groups in total. The quantitative estimate of drug-likeness (QED) is 0.685. The Balaban J connectivity index is 2.23. The van der Waals surface area contributed by atoms with E-state index in [4.69, 9.17) is 9.47 Å². The van der Waals surface area contributed by atoms with Gasteiger partial charge in [0, 0.05) is 19.7 Å². The van der Waals surface area contributed by atoms with Gasteiger partial charge in [-0.3, -0.25) is 0 Å². The first-order chi connectivity index (χ1) is 8.75. The fourth-order valence-corrected chi connectivity index (χ4v) is 1.74. The van der Waals surface area contributed by atoms with Crippen molar-refractivity contribution >= 4 is 0 Å². The van der Waals surface area contributed by atoms with Gasteiger partial charge in [-0.1, -0.05) is 32.0 Å². The van der Waals surface area contributed by atoms with Crippen LogP contribution in [0, 0.1) is 0 Å². The summed E-state index contributed by atoms with van der Waals surface area (Å²) in [4.78, 5) is 0. The van der Waals surface area contributed by atoms with Gasteiger partial charge in [0.2, 0.25) is 0 Å². The molecule has 0 saturated carbocycles. The summed E-state index contributed by atoms with van der Waals surface area (Å²) in [5.74, 6) is 1.49. The number of para-hydroxylation sites is 1. The van der Waals surface area contributed by atoms with Crippen molar-refractivity contribution in [1.29, 1.82) is 0 Å². The summed E-state index contributed by atoms with van der Waals surface area (Å²) in [7, 11) is 0. The second kappa shape index (κ2) is 8.95. The zero-order valence-corrected chi connectivity index (χ0v) is 11.7. The van der Waals surface area contributed by atoms with Gasteiger partial charge in [-0.15, -0.1) is 0 Å². The molecule has 0 heterocycles. The van der Waals surface area contributed by atoms with Gasteiger partial charge in [-0.2, -0.15) is 0 Å². The molecule has 1 aromatic carbocycles. The largest absolute Gasteiger partial charge is 0.492 e. The molecule has 0 fully saturated rings. The second-order valence-electron chi connectivity index (χ2n) is 4.49. The third kappa shape index (κ3) is 5.52. The lowest BCUT2D eigenvalue weighted by atomic mass is 10.0. The lowest BCUT2D eigenvalue weighted by Gasteiger charge is -2.14. The molecule has 0 saturated heterocycles. The van der Waals surface area contributed by atoms with E-state index in [1.54, 1.807) is 0 Å². The number of hydrogen-bond donors (Lipinski definition) is 1. The fraction of sp³-hybridized carbons (Fsp3) is 0.600. The standard InChI is InChI=1S/C15H25NO2/c1-4-17-11-9-16-10-12-18-15-8-6-5-7-14(15)13(2)3/h5-8,13,16H,4,9-12H2,1-3H3. The van der Waals surface area contributed by atoms with Gasteiger partial charge in [0.25, 0.3) is 0 Å². The van der Waals surface area contributed by atoms with Crippen LogP contribution < -0.4 is 10.1 Å². The maximum atomic E-state index is 5.80. The smallest absolute Gasteiger partial charge is 0.122 e. The number of rotatable bonds is 9. The molecule has 1 aromatic rings. The van der Waals surface area contributed by atoms with Gasteiger partial charge in [0.15, 0.2) is 0 Å². The van der Waals surface area contributed by atoms with E-state index < -0.39 is 0 Å². The average Bonchev–Trinajstić information content (AvgIpc) is 2.38. The highest BCUT2D eigenvalue weighted by atomic mass is 16.5. The molecular weight excluding hydrogens is 226 g/mol. The fourth-order valence-electron chi connectivity index (χ4n) is 1.74. The molecule has 102 valence electrons. The average molecular weight is 251 g/mol. The molecule has 0 aliphatic heterocycles. The van der Waals surface area contributed by atoms with Crippen LogP contribution in [0.15, 0.2) is 24.3 Å². The molecule has 0 aliphatic rings. The summed E-state index contributed by atoms with van der Waals surface area (Å²) < 4.78 is 11.0. The lowest BCUT2D eigenvalue weighted by molar-refractivity contribution is 0.148.